The number of benzene rings is 1. The number of carbonyl (C=O) groups excluding carboxylic acids is 2. The lowest BCUT2D eigenvalue weighted by Crippen LogP contribution is -2.47. The highest BCUT2D eigenvalue weighted by Crippen LogP contribution is 2.19. The van der Waals surface area contributed by atoms with E-state index in [1.807, 2.05) is 36.1 Å². The van der Waals surface area contributed by atoms with Gasteiger partial charge in [-0.25, -0.2) is 0 Å². The number of rotatable bonds is 5. The number of nitrogens with one attached hydrogen (secondary N) is 1. The molecule has 120 valence electrons. The van der Waals surface area contributed by atoms with Crippen molar-refractivity contribution in [3.05, 3.63) is 35.4 Å². The molecule has 1 unspecified atom stereocenters. The Hall–Kier alpha value is -1.84. The summed E-state index contributed by atoms with van der Waals surface area (Å²) >= 11 is 0. The Balaban J connectivity index is 1.83. The van der Waals surface area contributed by atoms with Crippen LogP contribution in [0.15, 0.2) is 24.3 Å². The van der Waals surface area contributed by atoms with E-state index in [2.05, 4.69) is 12.2 Å². The van der Waals surface area contributed by atoms with E-state index in [1.165, 1.54) is 6.42 Å². The Bertz CT molecular complexity index is 528. The molecule has 2 amide bonds. The van der Waals surface area contributed by atoms with Gasteiger partial charge < -0.3 is 10.2 Å². The van der Waals surface area contributed by atoms with E-state index in [9.17, 15) is 9.59 Å². The van der Waals surface area contributed by atoms with Crippen LogP contribution in [-0.2, 0) is 16.0 Å². The van der Waals surface area contributed by atoms with Gasteiger partial charge in [-0.2, -0.15) is 0 Å². The monoisotopic (exact) mass is 302 g/mol. The van der Waals surface area contributed by atoms with Crippen molar-refractivity contribution in [2.45, 2.75) is 52.0 Å². The molecule has 0 radical (unpaired) electrons. The van der Waals surface area contributed by atoms with Crippen LogP contribution >= 0.6 is 0 Å². The molecule has 4 heteroatoms. The van der Waals surface area contributed by atoms with E-state index >= 15 is 0 Å². The molecule has 0 bridgehead atoms. The first-order valence-electron chi connectivity index (χ1n) is 8.22. The predicted octanol–water partition coefficient (Wildman–Crippen LogP) is 2.44. The van der Waals surface area contributed by atoms with Gasteiger partial charge in [0.15, 0.2) is 0 Å². The van der Waals surface area contributed by atoms with Crippen LogP contribution in [0.4, 0.5) is 0 Å². The van der Waals surface area contributed by atoms with Crippen LogP contribution in [0.5, 0.6) is 0 Å². The van der Waals surface area contributed by atoms with Gasteiger partial charge in [-0.3, -0.25) is 9.59 Å². The molecule has 1 aliphatic rings. The lowest BCUT2D eigenvalue weighted by molar-refractivity contribution is -0.135. The molecule has 1 fully saturated rings. The third-order valence-corrected chi connectivity index (χ3v) is 4.47. The van der Waals surface area contributed by atoms with Crippen molar-refractivity contribution < 1.29 is 9.59 Å². The van der Waals surface area contributed by atoms with Crippen LogP contribution in [0.2, 0.25) is 0 Å². The van der Waals surface area contributed by atoms with Crippen LogP contribution in [0.1, 0.15) is 43.7 Å². The van der Waals surface area contributed by atoms with Gasteiger partial charge >= 0.3 is 0 Å². The van der Waals surface area contributed by atoms with E-state index < -0.39 is 0 Å². The summed E-state index contributed by atoms with van der Waals surface area (Å²) < 4.78 is 0. The van der Waals surface area contributed by atoms with E-state index in [-0.39, 0.29) is 18.4 Å². The third kappa shape index (κ3) is 4.33. The molecule has 22 heavy (non-hydrogen) atoms. The smallest absolute Gasteiger partial charge is 0.242 e. The molecule has 0 aromatic heterocycles. The Morgan fingerprint density at radius 3 is 2.77 bits per heavy atom. The number of piperidine rings is 1. The first kappa shape index (κ1) is 16.5. The summed E-state index contributed by atoms with van der Waals surface area (Å²) in [4.78, 5) is 26.3. The number of amides is 2. The topological polar surface area (TPSA) is 49.4 Å². The van der Waals surface area contributed by atoms with Gasteiger partial charge in [-0.1, -0.05) is 31.2 Å². The zero-order valence-electron chi connectivity index (χ0n) is 13.6. The lowest BCUT2D eigenvalue weighted by atomic mass is 10.00. The van der Waals surface area contributed by atoms with Crippen molar-refractivity contribution in [3.8, 4) is 0 Å². The van der Waals surface area contributed by atoms with Crippen molar-refractivity contribution in [2.75, 3.05) is 13.1 Å². The van der Waals surface area contributed by atoms with Crippen LogP contribution in [-0.4, -0.2) is 35.8 Å². The minimum atomic E-state index is -0.0901. The van der Waals surface area contributed by atoms with Crippen molar-refractivity contribution in [1.82, 2.24) is 10.2 Å². The Morgan fingerprint density at radius 1 is 1.27 bits per heavy atom. The van der Waals surface area contributed by atoms with Crippen LogP contribution in [0, 0.1) is 6.92 Å². The Morgan fingerprint density at radius 2 is 2.05 bits per heavy atom. The van der Waals surface area contributed by atoms with Gasteiger partial charge in [0.25, 0.3) is 0 Å². The maximum atomic E-state index is 12.3. The highest BCUT2D eigenvalue weighted by molar-refractivity contribution is 5.86. The van der Waals surface area contributed by atoms with Crippen LogP contribution in [0.3, 0.4) is 0 Å². The average Bonchev–Trinajstić information content (AvgIpc) is 2.54. The Labute approximate surface area is 132 Å². The van der Waals surface area contributed by atoms with Gasteiger partial charge in [0.2, 0.25) is 11.8 Å². The summed E-state index contributed by atoms with van der Waals surface area (Å²) in [7, 11) is 0. The fourth-order valence-electron chi connectivity index (χ4n) is 3.07. The van der Waals surface area contributed by atoms with Crippen LogP contribution < -0.4 is 5.32 Å². The highest BCUT2D eigenvalue weighted by Gasteiger charge is 2.25. The largest absolute Gasteiger partial charge is 0.347 e. The zero-order chi connectivity index (χ0) is 15.9. The van der Waals surface area contributed by atoms with E-state index in [0.29, 0.717) is 12.5 Å². The standard InChI is InChI=1S/C18H26N2O2/c1-3-16-10-6-7-11-20(16)18(22)13-19-17(21)12-15-9-5-4-8-14(15)2/h4-5,8-9,16H,3,6-7,10-13H2,1-2H3,(H,19,21). The molecule has 1 N–H and O–H groups in total. The van der Waals surface area contributed by atoms with Crippen LogP contribution in [0.25, 0.3) is 0 Å². The molecule has 4 nitrogen and oxygen atoms in total. The zero-order valence-corrected chi connectivity index (χ0v) is 13.6. The summed E-state index contributed by atoms with van der Waals surface area (Å²) in [6.07, 6.45) is 4.67. The summed E-state index contributed by atoms with van der Waals surface area (Å²) in [6, 6.07) is 8.18. The number of aryl methyl sites for hydroxylation is 1. The first-order valence-corrected chi connectivity index (χ1v) is 8.22. The number of hydrogen-bond donors (Lipinski definition) is 1. The molecule has 0 aliphatic carbocycles. The second-order valence-electron chi connectivity index (χ2n) is 6.02. The van der Waals surface area contributed by atoms with Gasteiger partial charge in [0, 0.05) is 12.6 Å². The SMILES string of the molecule is CCC1CCCCN1C(=O)CNC(=O)Cc1ccccc1C. The Kier molecular flexibility index (Phi) is 5.99. The van der Waals surface area contributed by atoms with Crippen molar-refractivity contribution in [2.24, 2.45) is 0 Å². The number of likely N-dealkylation sites (tertiary alicyclic amines) is 1. The molecule has 1 saturated heterocycles. The summed E-state index contributed by atoms with van der Waals surface area (Å²) in [5, 5.41) is 2.77. The van der Waals surface area contributed by atoms with Gasteiger partial charge in [-0.05, 0) is 43.7 Å². The average molecular weight is 302 g/mol. The molecule has 0 spiro atoms. The van der Waals surface area contributed by atoms with Gasteiger partial charge in [0.05, 0.1) is 13.0 Å². The summed E-state index contributed by atoms with van der Waals surface area (Å²) in [5.41, 5.74) is 2.11. The van der Waals surface area contributed by atoms with E-state index in [4.69, 9.17) is 0 Å². The molecule has 0 saturated carbocycles. The molecule has 1 aliphatic heterocycles. The second-order valence-corrected chi connectivity index (χ2v) is 6.02. The molecular formula is C18H26N2O2. The van der Waals surface area contributed by atoms with Crippen molar-refractivity contribution >= 4 is 11.8 Å². The lowest BCUT2D eigenvalue weighted by Gasteiger charge is -2.35. The quantitative estimate of drug-likeness (QED) is 0.908. The summed E-state index contributed by atoms with van der Waals surface area (Å²) in [5.74, 6) is -0.0441. The van der Waals surface area contributed by atoms with Crippen molar-refractivity contribution in [1.29, 1.82) is 0 Å². The van der Waals surface area contributed by atoms with E-state index in [0.717, 1.165) is 36.9 Å². The first-order chi connectivity index (χ1) is 10.6. The number of carbonyl (C=O) groups is 2. The normalized spacial score (nSPS) is 18.1. The second kappa shape index (κ2) is 7.97. The van der Waals surface area contributed by atoms with Crippen molar-refractivity contribution in [3.63, 3.8) is 0 Å². The number of hydrogen-bond acceptors (Lipinski definition) is 2. The number of nitrogens with zero attached hydrogens (tertiary/aromatic N) is 1. The molecule has 2 rings (SSSR count). The summed E-state index contributed by atoms with van der Waals surface area (Å²) in [6.45, 7) is 5.05. The molecule has 1 aromatic carbocycles. The van der Waals surface area contributed by atoms with E-state index in [1.54, 1.807) is 0 Å². The highest BCUT2D eigenvalue weighted by atomic mass is 16.2. The fraction of sp³-hybridized carbons (Fsp3) is 0.556. The molecule has 1 atom stereocenters. The minimum Gasteiger partial charge on any atom is -0.347 e. The molecule has 1 heterocycles. The molecule has 1 aromatic rings. The maximum absolute atomic E-state index is 12.3. The predicted molar refractivity (Wildman–Crippen MR) is 87.5 cm³/mol. The minimum absolute atomic E-state index is 0.0460. The van der Waals surface area contributed by atoms with Gasteiger partial charge in [-0.15, -0.1) is 0 Å². The third-order valence-electron chi connectivity index (χ3n) is 4.47. The van der Waals surface area contributed by atoms with Gasteiger partial charge in [0.1, 0.15) is 0 Å². The molecular weight excluding hydrogens is 276 g/mol. The maximum Gasteiger partial charge on any atom is 0.242 e. The fourth-order valence-corrected chi connectivity index (χ4v) is 3.07.